The van der Waals surface area contributed by atoms with Crippen LogP contribution in [0.25, 0.3) is 11.3 Å². The van der Waals surface area contributed by atoms with Gasteiger partial charge >= 0.3 is 6.03 Å². The molecule has 0 saturated carbocycles. The first kappa shape index (κ1) is 17.9. The maximum atomic E-state index is 13.3. The summed E-state index contributed by atoms with van der Waals surface area (Å²) in [4.78, 5) is 18.9. The lowest BCUT2D eigenvalue weighted by molar-refractivity contribution is 0.123. The predicted octanol–water partition coefficient (Wildman–Crippen LogP) is 4.46. The summed E-state index contributed by atoms with van der Waals surface area (Å²) in [6.07, 6.45) is 4.01. The summed E-state index contributed by atoms with van der Waals surface area (Å²) in [6, 6.07) is 7.05. The van der Waals surface area contributed by atoms with Crippen molar-refractivity contribution in [1.29, 1.82) is 0 Å². The van der Waals surface area contributed by atoms with E-state index in [1.54, 1.807) is 17.4 Å². The molecule has 1 saturated heterocycles. The lowest BCUT2D eigenvalue weighted by atomic mass is 9.98. The fourth-order valence-electron chi connectivity index (χ4n) is 3.40. The maximum absolute atomic E-state index is 13.3. The summed E-state index contributed by atoms with van der Waals surface area (Å²) in [5.74, 6) is -0.260. The van der Waals surface area contributed by atoms with E-state index in [0.29, 0.717) is 25.0 Å². The van der Waals surface area contributed by atoms with Crippen molar-refractivity contribution in [3.05, 3.63) is 40.5 Å². The van der Waals surface area contributed by atoms with Gasteiger partial charge in [-0.05, 0) is 45.2 Å². The Hall–Kier alpha value is -1.95. The minimum Gasteiger partial charge on any atom is -0.338 e. The van der Waals surface area contributed by atoms with Crippen LogP contribution in [0.2, 0.25) is 0 Å². The van der Waals surface area contributed by atoms with Crippen LogP contribution in [0.4, 0.5) is 9.18 Å². The van der Waals surface area contributed by atoms with E-state index >= 15 is 0 Å². The van der Waals surface area contributed by atoms with E-state index in [-0.39, 0.29) is 11.8 Å². The second kappa shape index (κ2) is 7.95. The first-order chi connectivity index (χ1) is 12.0. The van der Waals surface area contributed by atoms with Crippen LogP contribution in [0.3, 0.4) is 0 Å². The Balaban J connectivity index is 1.53. The number of rotatable bonds is 4. The molecule has 2 aromatic rings. The molecule has 0 spiro atoms. The van der Waals surface area contributed by atoms with E-state index in [0.717, 1.165) is 29.1 Å². The van der Waals surface area contributed by atoms with E-state index in [1.807, 2.05) is 16.3 Å². The zero-order chi connectivity index (χ0) is 17.8. The van der Waals surface area contributed by atoms with Crippen LogP contribution in [0, 0.1) is 5.82 Å². The van der Waals surface area contributed by atoms with Crippen LogP contribution in [0.1, 0.15) is 38.1 Å². The summed E-state index contributed by atoms with van der Waals surface area (Å²) in [5.41, 5.74) is 1.56. The number of urea groups is 1. The van der Waals surface area contributed by atoms with Gasteiger partial charge in [0, 0.05) is 36.0 Å². The topological polar surface area (TPSA) is 45.2 Å². The van der Waals surface area contributed by atoms with Gasteiger partial charge in [-0.1, -0.05) is 12.1 Å². The van der Waals surface area contributed by atoms with Crippen LogP contribution in [0.15, 0.2) is 29.6 Å². The second-order valence-corrected chi connectivity index (χ2v) is 7.60. The highest BCUT2D eigenvalue weighted by Gasteiger charge is 2.28. The quantitative estimate of drug-likeness (QED) is 0.874. The Morgan fingerprint density at radius 3 is 2.84 bits per heavy atom. The molecule has 1 aliphatic rings. The average Bonchev–Trinajstić information content (AvgIpc) is 3.04. The van der Waals surface area contributed by atoms with Crippen LogP contribution in [-0.2, 0) is 6.42 Å². The minimum atomic E-state index is -0.260. The van der Waals surface area contributed by atoms with Gasteiger partial charge in [-0.15, -0.1) is 11.3 Å². The Bertz CT molecular complexity index is 723. The Morgan fingerprint density at radius 2 is 2.12 bits per heavy atom. The third kappa shape index (κ3) is 4.37. The van der Waals surface area contributed by atoms with Gasteiger partial charge in [0.05, 0.1) is 10.7 Å². The number of piperidine rings is 1. The third-order valence-electron chi connectivity index (χ3n) is 4.72. The molecule has 4 nitrogen and oxygen atoms in total. The Kier molecular flexibility index (Phi) is 5.68. The molecule has 1 aliphatic heterocycles. The molecule has 0 unspecified atom stereocenters. The molecule has 2 heterocycles. The number of carbonyl (C=O) groups excluding carboxylic acids is 1. The molecule has 0 radical (unpaired) electrons. The average molecular weight is 361 g/mol. The maximum Gasteiger partial charge on any atom is 0.317 e. The fraction of sp³-hybridized carbons (Fsp3) is 0.474. The van der Waals surface area contributed by atoms with Crippen LogP contribution in [0.5, 0.6) is 0 Å². The summed E-state index contributed by atoms with van der Waals surface area (Å²) in [7, 11) is 0. The van der Waals surface area contributed by atoms with Crippen molar-refractivity contribution < 1.29 is 9.18 Å². The lowest BCUT2D eigenvalue weighted by Gasteiger charge is -2.38. The molecule has 1 N–H and O–H groups in total. The highest BCUT2D eigenvalue weighted by atomic mass is 32.1. The molecule has 25 heavy (non-hydrogen) atoms. The molecule has 1 aromatic heterocycles. The minimum absolute atomic E-state index is 0.0154. The first-order valence-corrected chi connectivity index (χ1v) is 9.69. The molecule has 6 heteroatoms. The summed E-state index contributed by atoms with van der Waals surface area (Å²) in [5, 5.41) is 5.89. The number of hydrogen-bond donors (Lipinski definition) is 1. The van der Waals surface area contributed by atoms with Crippen LogP contribution in [-0.4, -0.2) is 34.5 Å². The Morgan fingerprint density at radius 1 is 1.36 bits per heavy atom. The van der Waals surface area contributed by atoms with E-state index in [1.165, 1.54) is 18.6 Å². The molecule has 0 bridgehead atoms. The molecule has 1 aromatic carbocycles. The molecule has 2 atom stereocenters. The van der Waals surface area contributed by atoms with Crippen molar-refractivity contribution in [1.82, 2.24) is 15.2 Å². The number of likely N-dealkylation sites (tertiary alicyclic amines) is 1. The SMILES string of the molecule is C[C@@H]1CCC[C@H](C)N1C(=O)NCCc1nc(-c2cccc(F)c2)cs1. The van der Waals surface area contributed by atoms with Crippen molar-refractivity contribution in [2.45, 2.75) is 51.6 Å². The standard InChI is InChI=1S/C19H24FN3OS/c1-13-5-3-6-14(2)23(13)19(24)21-10-9-18-22-17(12-25-18)15-7-4-8-16(20)11-15/h4,7-8,11-14H,3,5-6,9-10H2,1-2H3,(H,21,24)/t13-,14+. The summed E-state index contributed by atoms with van der Waals surface area (Å²) < 4.78 is 13.3. The second-order valence-electron chi connectivity index (χ2n) is 6.65. The number of carbonyl (C=O) groups is 1. The van der Waals surface area contributed by atoms with E-state index in [9.17, 15) is 9.18 Å². The van der Waals surface area contributed by atoms with Gasteiger partial charge in [0.25, 0.3) is 0 Å². The zero-order valence-corrected chi connectivity index (χ0v) is 15.5. The smallest absolute Gasteiger partial charge is 0.317 e. The number of nitrogens with zero attached hydrogens (tertiary/aromatic N) is 2. The van der Waals surface area contributed by atoms with Crippen molar-refractivity contribution in [3.8, 4) is 11.3 Å². The van der Waals surface area contributed by atoms with Gasteiger partial charge < -0.3 is 10.2 Å². The number of benzene rings is 1. The van der Waals surface area contributed by atoms with Gasteiger partial charge in [0.15, 0.2) is 0 Å². The number of halogens is 1. The van der Waals surface area contributed by atoms with E-state index in [2.05, 4.69) is 24.1 Å². The molecular formula is C19H24FN3OS. The Labute approximate surface area is 152 Å². The van der Waals surface area contributed by atoms with E-state index in [4.69, 9.17) is 0 Å². The van der Waals surface area contributed by atoms with Gasteiger partial charge in [-0.2, -0.15) is 0 Å². The first-order valence-electron chi connectivity index (χ1n) is 8.81. The van der Waals surface area contributed by atoms with Gasteiger partial charge in [0.1, 0.15) is 5.82 Å². The molecule has 3 rings (SSSR count). The highest BCUT2D eigenvalue weighted by molar-refractivity contribution is 7.09. The third-order valence-corrected chi connectivity index (χ3v) is 5.62. The largest absolute Gasteiger partial charge is 0.338 e. The zero-order valence-electron chi connectivity index (χ0n) is 14.7. The number of hydrogen-bond acceptors (Lipinski definition) is 3. The molecule has 1 fully saturated rings. The van der Waals surface area contributed by atoms with Gasteiger partial charge in [-0.3, -0.25) is 0 Å². The van der Waals surface area contributed by atoms with Gasteiger partial charge in [0.2, 0.25) is 0 Å². The summed E-state index contributed by atoms with van der Waals surface area (Å²) >= 11 is 1.54. The fourth-order valence-corrected chi connectivity index (χ4v) is 4.20. The van der Waals surface area contributed by atoms with E-state index < -0.39 is 0 Å². The lowest BCUT2D eigenvalue weighted by Crippen LogP contribution is -2.52. The molecule has 0 aliphatic carbocycles. The number of amides is 2. The molecule has 134 valence electrons. The monoisotopic (exact) mass is 361 g/mol. The van der Waals surface area contributed by atoms with Crippen LogP contribution >= 0.6 is 11.3 Å². The number of thiazole rings is 1. The summed E-state index contributed by atoms with van der Waals surface area (Å²) in [6.45, 7) is 4.79. The van der Waals surface area contributed by atoms with Gasteiger partial charge in [-0.25, -0.2) is 14.2 Å². The number of aromatic nitrogens is 1. The van der Waals surface area contributed by atoms with Crippen molar-refractivity contribution in [2.24, 2.45) is 0 Å². The highest BCUT2D eigenvalue weighted by Crippen LogP contribution is 2.23. The van der Waals surface area contributed by atoms with Crippen LogP contribution < -0.4 is 5.32 Å². The van der Waals surface area contributed by atoms with Crippen molar-refractivity contribution in [2.75, 3.05) is 6.54 Å². The molecular weight excluding hydrogens is 337 g/mol. The molecule has 2 amide bonds. The normalized spacial score (nSPS) is 20.5. The number of nitrogens with one attached hydrogen (secondary N) is 1. The van der Waals surface area contributed by atoms with Crippen molar-refractivity contribution >= 4 is 17.4 Å². The predicted molar refractivity (Wildman–Crippen MR) is 99.2 cm³/mol. The van der Waals surface area contributed by atoms with Crippen molar-refractivity contribution in [3.63, 3.8) is 0 Å².